The molecule has 0 saturated carbocycles. The molecule has 1 amide bonds. The molecule has 7 heteroatoms. The Bertz CT molecular complexity index is 563. The first-order valence-corrected chi connectivity index (χ1v) is 7.41. The number of ether oxygens (including phenoxy) is 2. The van der Waals surface area contributed by atoms with Crippen molar-refractivity contribution >= 4 is 6.09 Å². The quantitative estimate of drug-likeness (QED) is 0.847. The minimum Gasteiger partial charge on any atom is -0.487 e. The van der Waals surface area contributed by atoms with Gasteiger partial charge in [0.1, 0.15) is 11.4 Å². The molecule has 0 aromatic heterocycles. The third-order valence-corrected chi connectivity index (χ3v) is 3.36. The minimum atomic E-state index is -1.08. The number of benzene rings is 1. The summed E-state index contributed by atoms with van der Waals surface area (Å²) in [6, 6.07) is 1.14. The van der Waals surface area contributed by atoms with Crippen LogP contribution in [0.15, 0.2) is 12.1 Å². The fourth-order valence-corrected chi connectivity index (χ4v) is 2.33. The van der Waals surface area contributed by atoms with Gasteiger partial charge in [-0.3, -0.25) is 0 Å². The van der Waals surface area contributed by atoms with Gasteiger partial charge in [0.25, 0.3) is 0 Å². The Kier molecular flexibility index (Phi) is 5.06. The summed E-state index contributed by atoms with van der Waals surface area (Å²) in [7, 11) is 0. The number of hydrogen-bond donors (Lipinski definition) is 0. The molecule has 1 fully saturated rings. The largest absolute Gasteiger partial charge is 0.487 e. The van der Waals surface area contributed by atoms with E-state index in [2.05, 4.69) is 0 Å². The summed E-state index contributed by atoms with van der Waals surface area (Å²) in [4.78, 5) is 13.5. The first kappa shape index (κ1) is 17.4. The molecule has 0 bridgehead atoms. The van der Waals surface area contributed by atoms with Crippen LogP contribution in [0.2, 0.25) is 0 Å². The first-order chi connectivity index (χ1) is 10.7. The summed E-state index contributed by atoms with van der Waals surface area (Å²) < 4.78 is 50.2. The molecule has 1 atom stereocenters. The molecule has 1 heterocycles. The molecule has 128 valence electrons. The number of carbonyl (C=O) groups excluding carboxylic acids is 1. The highest BCUT2D eigenvalue weighted by atomic mass is 19.1. The van der Waals surface area contributed by atoms with Gasteiger partial charge in [-0.05, 0) is 27.2 Å². The number of halogens is 3. The highest BCUT2D eigenvalue weighted by Crippen LogP contribution is 2.25. The van der Waals surface area contributed by atoms with Crippen LogP contribution in [0, 0.1) is 23.4 Å². The average Bonchev–Trinajstić information content (AvgIpc) is 2.84. The average molecular weight is 331 g/mol. The van der Waals surface area contributed by atoms with Crippen LogP contribution in [0.4, 0.5) is 18.0 Å². The van der Waals surface area contributed by atoms with Crippen molar-refractivity contribution in [3.05, 3.63) is 29.6 Å². The lowest BCUT2D eigenvalue weighted by molar-refractivity contribution is 0.0284. The van der Waals surface area contributed by atoms with E-state index < -0.39 is 34.9 Å². The molecule has 0 radical (unpaired) electrons. The van der Waals surface area contributed by atoms with Crippen molar-refractivity contribution in [2.45, 2.75) is 32.8 Å². The fourth-order valence-electron chi connectivity index (χ4n) is 2.33. The van der Waals surface area contributed by atoms with Crippen LogP contribution in [0.25, 0.3) is 0 Å². The molecule has 1 aromatic rings. The van der Waals surface area contributed by atoms with Gasteiger partial charge >= 0.3 is 6.09 Å². The summed E-state index contributed by atoms with van der Waals surface area (Å²) in [5.74, 6) is -3.81. The normalized spacial score (nSPS) is 18.2. The van der Waals surface area contributed by atoms with Crippen LogP contribution >= 0.6 is 0 Å². The van der Waals surface area contributed by atoms with E-state index in [-0.39, 0.29) is 12.5 Å². The first-order valence-electron chi connectivity index (χ1n) is 7.41. The Balaban J connectivity index is 1.88. The molecule has 4 nitrogen and oxygen atoms in total. The van der Waals surface area contributed by atoms with Crippen LogP contribution in [0.1, 0.15) is 27.2 Å². The van der Waals surface area contributed by atoms with Crippen molar-refractivity contribution in [2.24, 2.45) is 5.92 Å². The number of likely N-dealkylation sites (tertiary alicyclic amines) is 1. The molecular formula is C16H20F3NO3. The lowest BCUT2D eigenvalue weighted by Gasteiger charge is -2.24. The second-order valence-electron chi connectivity index (χ2n) is 6.59. The maximum atomic E-state index is 13.5. The van der Waals surface area contributed by atoms with Crippen LogP contribution in [-0.4, -0.2) is 36.3 Å². The zero-order valence-electron chi connectivity index (χ0n) is 13.4. The molecule has 0 N–H and O–H groups in total. The highest BCUT2D eigenvalue weighted by Gasteiger charge is 2.30. The number of amides is 1. The van der Waals surface area contributed by atoms with E-state index in [1.165, 1.54) is 4.90 Å². The number of nitrogens with zero attached hydrogens (tertiary/aromatic N) is 1. The van der Waals surface area contributed by atoms with Gasteiger partial charge in [0, 0.05) is 31.1 Å². The van der Waals surface area contributed by atoms with Crippen LogP contribution in [0.5, 0.6) is 5.75 Å². The molecule has 1 saturated heterocycles. The molecular weight excluding hydrogens is 311 g/mol. The van der Waals surface area contributed by atoms with E-state index in [9.17, 15) is 18.0 Å². The van der Waals surface area contributed by atoms with E-state index in [0.717, 1.165) is 0 Å². The summed E-state index contributed by atoms with van der Waals surface area (Å²) in [6.07, 6.45) is 0.225. The summed E-state index contributed by atoms with van der Waals surface area (Å²) in [5, 5.41) is 0. The van der Waals surface area contributed by atoms with Gasteiger partial charge in [-0.1, -0.05) is 0 Å². The lowest BCUT2D eigenvalue weighted by atomic mass is 10.1. The second-order valence-corrected chi connectivity index (χ2v) is 6.59. The zero-order chi connectivity index (χ0) is 17.2. The van der Waals surface area contributed by atoms with Crippen molar-refractivity contribution in [1.29, 1.82) is 0 Å². The van der Waals surface area contributed by atoms with Gasteiger partial charge in [0.15, 0.2) is 17.4 Å². The lowest BCUT2D eigenvalue weighted by Crippen LogP contribution is -2.35. The molecule has 0 spiro atoms. The predicted molar refractivity (Wildman–Crippen MR) is 77.7 cm³/mol. The van der Waals surface area contributed by atoms with Gasteiger partial charge in [-0.25, -0.2) is 18.0 Å². The molecule has 1 aliphatic rings. The summed E-state index contributed by atoms with van der Waals surface area (Å²) in [5.41, 5.74) is -0.577. The van der Waals surface area contributed by atoms with Crippen molar-refractivity contribution in [3.63, 3.8) is 0 Å². The Morgan fingerprint density at radius 1 is 1.26 bits per heavy atom. The van der Waals surface area contributed by atoms with Gasteiger partial charge in [0.2, 0.25) is 0 Å². The third-order valence-electron chi connectivity index (χ3n) is 3.36. The Morgan fingerprint density at radius 2 is 1.87 bits per heavy atom. The molecule has 23 heavy (non-hydrogen) atoms. The Labute approximate surface area is 133 Å². The monoisotopic (exact) mass is 331 g/mol. The molecule has 0 unspecified atom stereocenters. The van der Waals surface area contributed by atoms with Crippen LogP contribution in [-0.2, 0) is 4.74 Å². The smallest absolute Gasteiger partial charge is 0.410 e. The molecule has 0 aliphatic carbocycles. The number of rotatable bonds is 3. The van der Waals surface area contributed by atoms with Gasteiger partial charge in [0.05, 0.1) is 6.61 Å². The molecule has 1 aliphatic heterocycles. The maximum absolute atomic E-state index is 13.5. The zero-order valence-corrected chi connectivity index (χ0v) is 13.4. The molecule has 2 rings (SSSR count). The standard InChI is InChI=1S/C16H20F3NO3/c1-16(2,3)23-15(21)20-5-4-10(8-20)9-22-14-12(18)6-11(17)7-13(14)19/h6-7,10H,4-5,8-9H2,1-3H3/t10-/m0/s1. The van der Waals surface area contributed by atoms with Crippen molar-refractivity contribution in [1.82, 2.24) is 4.90 Å². The Hall–Kier alpha value is -1.92. The van der Waals surface area contributed by atoms with E-state index >= 15 is 0 Å². The van der Waals surface area contributed by atoms with Crippen LogP contribution in [0.3, 0.4) is 0 Å². The SMILES string of the molecule is CC(C)(C)OC(=O)N1CC[C@H](COc2c(F)cc(F)cc2F)C1. The summed E-state index contributed by atoms with van der Waals surface area (Å²) >= 11 is 0. The van der Waals surface area contributed by atoms with Crippen molar-refractivity contribution in [3.8, 4) is 5.75 Å². The van der Waals surface area contributed by atoms with E-state index in [0.29, 0.717) is 31.6 Å². The Morgan fingerprint density at radius 3 is 2.43 bits per heavy atom. The summed E-state index contributed by atoms with van der Waals surface area (Å²) in [6.45, 7) is 6.26. The number of hydrogen-bond acceptors (Lipinski definition) is 3. The van der Waals surface area contributed by atoms with Crippen LogP contribution < -0.4 is 4.74 Å². The van der Waals surface area contributed by atoms with Gasteiger partial charge in [-0.15, -0.1) is 0 Å². The van der Waals surface area contributed by atoms with E-state index in [1.54, 1.807) is 20.8 Å². The van der Waals surface area contributed by atoms with Gasteiger partial charge < -0.3 is 14.4 Å². The highest BCUT2D eigenvalue weighted by molar-refractivity contribution is 5.68. The van der Waals surface area contributed by atoms with Crippen molar-refractivity contribution < 1.29 is 27.4 Å². The van der Waals surface area contributed by atoms with Crippen molar-refractivity contribution in [2.75, 3.05) is 19.7 Å². The maximum Gasteiger partial charge on any atom is 0.410 e. The third kappa shape index (κ3) is 4.77. The predicted octanol–water partition coefficient (Wildman–Crippen LogP) is 3.74. The van der Waals surface area contributed by atoms with Gasteiger partial charge in [-0.2, -0.15) is 0 Å². The van der Waals surface area contributed by atoms with E-state index in [4.69, 9.17) is 9.47 Å². The molecule has 1 aromatic carbocycles. The fraction of sp³-hybridized carbons (Fsp3) is 0.562. The second kappa shape index (κ2) is 6.68. The minimum absolute atomic E-state index is 0.0404. The topological polar surface area (TPSA) is 38.8 Å². The number of carbonyl (C=O) groups is 1. The van der Waals surface area contributed by atoms with E-state index in [1.807, 2.05) is 0 Å².